The normalized spacial score (nSPS) is 12.4. The number of carbonyl (C=O) groups is 1. The minimum absolute atomic E-state index is 0.422. The van der Waals surface area contributed by atoms with Gasteiger partial charge in [-0.05, 0) is 12.8 Å². The Morgan fingerprint density at radius 2 is 1.23 bits per heavy atom. The topological polar surface area (TPSA) is 43.1 Å². The first-order valence-electron chi connectivity index (χ1n) is 8.73. The van der Waals surface area contributed by atoms with Crippen LogP contribution < -0.4 is 5.73 Å². The van der Waals surface area contributed by atoms with Crippen LogP contribution in [-0.4, -0.2) is 5.91 Å². The summed E-state index contributed by atoms with van der Waals surface area (Å²) in [5.74, 6) is -0.422. The fraction of sp³-hybridized carbons (Fsp3) is 0.550. The molecule has 0 aromatic heterocycles. The highest BCUT2D eigenvalue weighted by Crippen LogP contribution is 2.10. The average molecular weight is 303 g/mol. The molecule has 2 nitrogen and oxygen atoms in total. The van der Waals surface area contributed by atoms with E-state index < -0.39 is 5.91 Å². The van der Waals surface area contributed by atoms with Crippen LogP contribution in [0, 0.1) is 0 Å². The molecule has 0 aliphatic rings. The van der Waals surface area contributed by atoms with Gasteiger partial charge in [-0.2, -0.15) is 0 Å². The number of carbonyl (C=O) groups excluding carboxylic acids is 1. The van der Waals surface area contributed by atoms with Crippen molar-refractivity contribution in [1.82, 2.24) is 0 Å². The first-order chi connectivity index (χ1) is 10.8. The Kier molecular flexibility index (Phi) is 16.2. The zero-order chi connectivity index (χ0) is 16.3. The molecule has 22 heavy (non-hydrogen) atoms. The van der Waals surface area contributed by atoms with Gasteiger partial charge in [0.2, 0.25) is 5.91 Å². The van der Waals surface area contributed by atoms with Gasteiger partial charge in [-0.1, -0.05) is 101 Å². The van der Waals surface area contributed by atoms with Gasteiger partial charge in [0, 0.05) is 6.08 Å². The molecule has 124 valence electrons. The van der Waals surface area contributed by atoms with Gasteiger partial charge in [-0.15, -0.1) is 0 Å². The average Bonchev–Trinajstić information content (AvgIpc) is 2.50. The Bertz CT molecular complexity index is 364. The van der Waals surface area contributed by atoms with Crippen LogP contribution >= 0.6 is 0 Å². The second kappa shape index (κ2) is 17.5. The number of amides is 1. The Labute approximate surface area is 136 Å². The summed E-state index contributed by atoms with van der Waals surface area (Å²) in [5.41, 5.74) is 4.97. The van der Waals surface area contributed by atoms with Crippen molar-refractivity contribution < 1.29 is 4.79 Å². The van der Waals surface area contributed by atoms with Crippen LogP contribution in [0.3, 0.4) is 0 Å². The molecule has 2 heteroatoms. The molecule has 0 heterocycles. The summed E-state index contributed by atoms with van der Waals surface area (Å²) in [7, 11) is 0. The largest absolute Gasteiger partial charge is 0.366 e. The molecule has 0 fully saturated rings. The van der Waals surface area contributed by atoms with Crippen molar-refractivity contribution in [2.45, 2.75) is 71.1 Å². The molecule has 1 amide bonds. The molecule has 0 radical (unpaired) electrons. The minimum atomic E-state index is -0.422. The van der Waals surface area contributed by atoms with E-state index in [-0.39, 0.29) is 0 Å². The quantitative estimate of drug-likeness (QED) is 0.253. The number of hydrogen-bond acceptors (Lipinski definition) is 1. The lowest BCUT2D eigenvalue weighted by Crippen LogP contribution is -2.04. The third-order valence-corrected chi connectivity index (χ3v) is 3.43. The maximum atomic E-state index is 10.4. The van der Waals surface area contributed by atoms with Crippen LogP contribution in [0.25, 0.3) is 0 Å². The van der Waals surface area contributed by atoms with E-state index in [0.29, 0.717) is 0 Å². The molecule has 0 aliphatic heterocycles. The maximum absolute atomic E-state index is 10.4. The van der Waals surface area contributed by atoms with Crippen molar-refractivity contribution in [2.24, 2.45) is 5.73 Å². The lowest BCUT2D eigenvalue weighted by atomic mass is 10.1. The van der Waals surface area contributed by atoms with Crippen molar-refractivity contribution in [3.05, 3.63) is 48.6 Å². The van der Waals surface area contributed by atoms with Crippen LogP contribution in [0.2, 0.25) is 0 Å². The Balaban J connectivity index is 3.35. The summed E-state index contributed by atoms with van der Waals surface area (Å²) in [6.45, 7) is 2.26. The predicted octanol–water partition coefficient (Wildman–Crippen LogP) is 5.62. The van der Waals surface area contributed by atoms with Crippen LogP contribution in [0.4, 0.5) is 0 Å². The number of nitrogens with two attached hydrogens (primary N) is 1. The Hall–Kier alpha value is -1.57. The van der Waals surface area contributed by atoms with Crippen molar-refractivity contribution >= 4 is 5.91 Å². The molecule has 0 aromatic carbocycles. The number of unbranched alkanes of at least 4 members (excludes halogenated alkanes) is 9. The number of primary amides is 1. The zero-order valence-electron chi connectivity index (χ0n) is 14.2. The van der Waals surface area contributed by atoms with Crippen molar-refractivity contribution in [3.8, 4) is 0 Å². The van der Waals surface area contributed by atoms with Crippen molar-refractivity contribution in [2.75, 3.05) is 0 Å². The molecule has 0 bridgehead atoms. The van der Waals surface area contributed by atoms with Gasteiger partial charge in [0.25, 0.3) is 0 Å². The number of rotatable bonds is 14. The van der Waals surface area contributed by atoms with E-state index in [4.69, 9.17) is 5.73 Å². The minimum Gasteiger partial charge on any atom is -0.366 e. The number of allylic oxidation sites excluding steroid dienone is 7. The highest BCUT2D eigenvalue weighted by atomic mass is 16.1. The van der Waals surface area contributed by atoms with E-state index in [1.165, 1.54) is 63.9 Å². The molecule has 0 atom stereocenters. The monoisotopic (exact) mass is 303 g/mol. The first-order valence-corrected chi connectivity index (χ1v) is 8.73. The lowest BCUT2D eigenvalue weighted by Gasteiger charge is -2.00. The summed E-state index contributed by atoms with van der Waals surface area (Å²) in [5, 5.41) is 0. The first kappa shape index (κ1) is 20.4. The lowest BCUT2D eigenvalue weighted by molar-refractivity contribution is -0.113. The fourth-order valence-electron chi connectivity index (χ4n) is 2.15. The van der Waals surface area contributed by atoms with E-state index in [0.717, 1.165) is 6.42 Å². The summed E-state index contributed by atoms with van der Waals surface area (Å²) in [4.78, 5) is 10.4. The molecule has 0 aromatic rings. The second-order valence-corrected chi connectivity index (χ2v) is 5.58. The summed E-state index contributed by atoms with van der Waals surface area (Å²) in [6.07, 6.45) is 28.4. The summed E-state index contributed by atoms with van der Waals surface area (Å²) in [6, 6.07) is 0. The van der Waals surface area contributed by atoms with Crippen LogP contribution in [0.15, 0.2) is 48.6 Å². The standard InChI is InChI=1S/C20H33NO/c1-2-3-4-5-6-7-8-9-10-11-12-13-14-15-16-17-18-19-20(21)22/h12-19H,2-11H2,1H3,(H2,21,22). The van der Waals surface area contributed by atoms with Gasteiger partial charge in [0.1, 0.15) is 0 Å². The van der Waals surface area contributed by atoms with Crippen LogP contribution in [-0.2, 0) is 4.79 Å². The molecule has 0 aliphatic carbocycles. The SMILES string of the molecule is CCCCCCCCCCCC=CC=CC=CC=CC(N)=O. The van der Waals surface area contributed by atoms with Gasteiger partial charge in [-0.3, -0.25) is 4.79 Å². The predicted molar refractivity (Wildman–Crippen MR) is 97.6 cm³/mol. The van der Waals surface area contributed by atoms with E-state index in [1.807, 2.05) is 18.2 Å². The molecule has 0 saturated heterocycles. The van der Waals surface area contributed by atoms with Crippen LogP contribution in [0.5, 0.6) is 0 Å². The maximum Gasteiger partial charge on any atom is 0.241 e. The Morgan fingerprint density at radius 3 is 1.82 bits per heavy atom. The third-order valence-electron chi connectivity index (χ3n) is 3.43. The van der Waals surface area contributed by atoms with Crippen LogP contribution in [0.1, 0.15) is 71.1 Å². The Morgan fingerprint density at radius 1 is 0.727 bits per heavy atom. The van der Waals surface area contributed by atoms with Gasteiger partial charge >= 0.3 is 0 Å². The third kappa shape index (κ3) is 18.4. The highest BCUT2D eigenvalue weighted by molar-refractivity contribution is 5.85. The molecular formula is C20H33NO. The van der Waals surface area contributed by atoms with Gasteiger partial charge < -0.3 is 5.73 Å². The highest BCUT2D eigenvalue weighted by Gasteiger charge is 1.90. The van der Waals surface area contributed by atoms with Gasteiger partial charge in [-0.25, -0.2) is 0 Å². The fourth-order valence-corrected chi connectivity index (χ4v) is 2.15. The van der Waals surface area contributed by atoms with E-state index in [1.54, 1.807) is 12.2 Å². The molecule has 0 rings (SSSR count). The summed E-state index contributed by atoms with van der Waals surface area (Å²) < 4.78 is 0. The van der Waals surface area contributed by atoms with E-state index >= 15 is 0 Å². The van der Waals surface area contributed by atoms with Gasteiger partial charge in [0.05, 0.1) is 0 Å². The second-order valence-electron chi connectivity index (χ2n) is 5.58. The zero-order valence-corrected chi connectivity index (χ0v) is 14.2. The molecular weight excluding hydrogens is 270 g/mol. The smallest absolute Gasteiger partial charge is 0.241 e. The van der Waals surface area contributed by atoms with E-state index in [9.17, 15) is 4.79 Å². The summed E-state index contributed by atoms with van der Waals surface area (Å²) >= 11 is 0. The molecule has 0 unspecified atom stereocenters. The number of hydrogen-bond donors (Lipinski definition) is 1. The molecule has 0 saturated carbocycles. The molecule has 2 N–H and O–H groups in total. The van der Waals surface area contributed by atoms with E-state index in [2.05, 4.69) is 19.1 Å². The van der Waals surface area contributed by atoms with Crippen molar-refractivity contribution in [1.29, 1.82) is 0 Å². The van der Waals surface area contributed by atoms with Crippen molar-refractivity contribution in [3.63, 3.8) is 0 Å². The van der Waals surface area contributed by atoms with Gasteiger partial charge in [0.15, 0.2) is 0 Å². The molecule has 0 spiro atoms.